The van der Waals surface area contributed by atoms with Gasteiger partial charge in [-0.2, -0.15) is 5.10 Å². The lowest BCUT2D eigenvalue weighted by molar-refractivity contribution is -0.384. The first kappa shape index (κ1) is 20.3. The molecule has 1 aromatic carbocycles. The van der Waals surface area contributed by atoms with Crippen molar-refractivity contribution in [1.82, 2.24) is 19.7 Å². The number of aryl methyl sites for hydroxylation is 2. The van der Waals surface area contributed by atoms with Crippen LogP contribution >= 0.6 is 0 Å². The molecule has 31 heavy (non-hydrogen) atoms. The first-order valence-electron chi connectivity index (χ1n) is 9.59. The van der Waals surface area contributed by atoms with E-state index < -0.39 is 4.92 Å². The Hall–Kier alpha value is -4.02. The van der Waals surface area contributed by atoms with Gasteiger partial charge in [-0.3, -0.25) is 14.9 Å². The van der Waals surface area contributed by atoms with E-state index >= 15 is 0 Å². The van der Waals surface area contributed by atoms with Gasteiger partial charge in [0.05, 0.1) is 29.3 Å². The number of rotatable bonds is 6. The number of carbonyl (C=O) groups excluding carboxylic acids is 1. The van der Waals surface area contributed by atoms with Gasteiger partial charge in [0.1, 0.15) is 17.9 Å². The summed E-state index contributed by atoms with van der Waals surface area (Å²) >= 11 is 0. The van der Waals surface area contributed by atoms with Crippen molar-refractivity contribution < 1.29 is 14.5 Å². The van der Waals surface area contributed by atoms with Crippen molar-refractivity contribution in [3.63, 3.8) is 0 Å². The number of benzene rings is 1. The van der Waals surface area contributed by atoms with Crippen molar-refractivity contribution in [3.8, 4) is 11.6 Å². The molecular formula is C20H21N7O4. The van der Waals surface area contributed by atoms with E-state index in [9.17, 15) is 14.9 Å². The van der Waals surface area contributed by atoms with Crippen LogP contribution < -0.4 is 15.0 Å². The van der Waals surface area contributed by atoms with Crippen LogP contribution in [0.3, 0.4) is 0 Å². The van der Waals surface area contributed by atoms with Gasteiger partial charge < -0.3 is 15.0 Å². The van der Waals surface area contributed by atoms with Gasteiger partial charge >= 0.3 is 0 Å². The maximum Gasteiger partial charge on any atom is 0.271 e. The van der Waals surface area contributed by atoms with E-state index in [-0.39, 0.29) is 23.2 Å². The lowest BCUT2D eigenvalue weighted by Gasteiger charge is -2.39. The van der Waals surface area contributed by atoms with Crippen molar-refractivity contribution in [1.29, 1.82) is 0 Å². The van der Waals surface area contributed by atoms with Gasteiger partial charge in [-0.1, -0.05) is 0 Å². The van der Waals surface area contributed by atoms with Gasteiger partial charge in [-0.05, 0) is 26.0 Å². The molecule has 0 bridgehead atoms. The Balaban J connectivity index is 1.43. The van der Waals surface area contributed by atoms with E-state index in [0.29, 0.717) is 30.5 Å². The molecule has 0 atom stereocenters. The Morgan fingerprint density at radius 3 is 2.58 bits per heavy atom. The molecule has 1 amide bonds. The van der Waals surface area contributed by atoms with Gasteiger partial charge in [0, 0.05) is 37.0 Å². The molecule has 0 radical (unpaired) electrons. The second-order valence-corrected chi connectivity index (χ2v) is 7.31. The van der Waals surface area contributed by atoms with Crippen LogP contribution in [0.25, 0.3) is 5.82 Å². The molecule has 11 heteroatoms. The van der Waals surface area contributed by atoms with Crippen molar-refractivity contribution >= 4 is 23.1 Å². The summed E-state index contributed by atoms with van der Waals surface area (Å²) in [5.74, 6) is 1.21. The molecule has 0 aliphatic carbocycles. The third-order valence-electron chi connectivity index (χ3n) is 5.09. The predicted octanol–water partition coefficient (Wildman–Crippen LogP) is 2.27. The zero-order chi connectivity index (χ0) is 22.1. The molecule has 3 heterocycles. The minimum absolute atomic E-state index is 0.121. The summed E-state index contributed by atoms with van der Waals surface area (Å²) in [6, 6.07) is 7.88. The molecule has 4 rings (SSSR count). The lowest BCUT2D eigenvalue weighted by Crippen LogP contribution is -2.52. The highest BCUT2D eigenvalue weighted by Gasteiger charge is 2.34. The van der Waals surface area contributed by atoms with Gasteiger partial charge in [0.25, 0.3) is 5.69 Å². The van der Waals surface area contributed by atoms with Gasteiger partial charge in [-0.25, -0.2) is 14.6 Å². The molecule has 0 unspecified atom stereocenters. The quantitative estimate of drug-likeness (QED) is 0.472. The van der Waals surface area contributed by atoms with E-state index in [0.717, 1.165) is 11.4 Å². The third kappa shape index (κ3) is 4.02. The summed E-state index contributed by atoms with van der Waals surface area (Å²) in [6.07, 6.45) is 1.47. The normalized spacial score (nSPS) is 13.6. The minimum atomic E-state index is -0.518. The fourth-order valence-electron chi connectivity index (χ4n) is 3.46. The number of anilines is 2. The van der Waals surface area contributed by atoms with Crippen molar-refractivity contribution in [2.24, 2.45) is 5.92 Å². The average Bonchev–Trinajstić information content (AvgIpc) is 3.05. The Morgan fingerprint density at radius 1 is 1.19 bits per heavy atom. The number of aromatic nitrogens is 4. The van der Waals surface area contributed by atoms with E-state index in [4.69, 9.17) is 4.74 Å². The van der Waals surface area contributed by atoms with Crippen LogP contribution in [0.15, 0.2) is 36.7 Å². The van der Waals surface area contributed by atoms with Crippen LogP contribution in [0.4, 0.5) is 17.2 Å². The molecule has 1 aliphatic rings. The van der Waals surface area contributed by atoms with Crippen LogP contribution in [0.5, 0.6) is 5.75 Å². The molecule has 11 nitrogen and oxygen atoms in total. The summed E-state index contributed by atoms with van der Waals surface area (Å²) in [7, 11) is 1.44. The van der Waals surface area contributed by atoms with E-state index in [1.807, 2.05) is 30.9 Å². The number of nitrogens with zero attached hydrogens (tertiary/aromatic N) is 6. The zero-order valence-electron chi connectivity index (χ0n) is 17.3. The number of nitro benzene ring substituents is 1. The number of nitro groups is 1. The lowest BCUT2D eigenvalue weighted by atomic mass is 9.99. The first-order chi connectivity index (χ1) is 14.9. The summed E-state index contributed by atoms with van der Waals surface area (Å²) < 4.78 is 6.95. The Kier molecular flexibility index (Phi) is 5.24. The molecular weight excluding hydrogens is 402 g/mol. The Morgan fingerprint density at radius 2 is 1.94 bits per heavy atom. The smallest absolute Gasteiger partial charge is 0.271 e. The standard InChI is InChI=1S/C20H21N7O4/c1-12-6-13(2)26(24-12)19-8-18(21-11-22-19)25-9-14(10-25)20(28)23-16-7-15(27(29)30)4-5-17(16)31-3/h4-8,11,14H,9-10H2,1-3H3,(H,23,28). The molecule has 1 fully saturated rings. The topological polar surface area (TPSA) is 128 Å². The van der Waals surface area contributed by atoms with Crippen LogP contribution in [-0.4, -0.2) is 50.8 Å². The number of methoxy groups -OCH3 is 1. The highest BCUT2D eigenvalue weighted by atomic mass is 16.6. The minimum Gasteiger partial charge on any atom is -0.495 e. The van der Waals surface area contributed by atoms with E-state index in [2.05, 4.69) is 20.4 Å². The molecule has 160 valence electrons. The number of carbonyl (C=O) groups is 1. The average molecular weight is 423 g/mol. The monoisotopic (exact) mass is 423 g/mol. The fraction of sp³-hybridized carbons (Fsp3) is 0.300. The van der Waals surface area contributed by atoms with Crippen molar-refractivity contribution in [2.45, 2.75) is 13.8 Å². The predicted molar refractivity (Wildman–Crippen MR) is 113 cm³/mol. The van der Waals surface area contributed by atoms with Crippen molar-refractivity contribution in [3.05, 3.63) is 58.2 Å². The van der Waals surface area contributed by atoms with Crippen LogP contribution in [0, 0.1) is 29.9 Å². The summed E-state index contributed by atoms with van der Waals surface area (Å²) in [5.41, 5.74) is 2.02. The zero-order valence-corrected chi connectivity index (χ0v) is 17.3. The Labute approximate surface area is 177 Å². The fourth-order valence-corrected chi connectivity index (χ4v) is 3.46. The first-order valence-corrected chi connectivity index (χ1v) is 9.59. The number of amides is 1. The highest BCUT2D eigenvalue weighted by Crippen LogP contribution is 2.31. The largest absolute Gasteiger partial charge is 0.495 e. The number of ether oxygens (including phenoxy) is 1. The number of hydrogen-bond donors (Lipinski definition) is 1. The molecule has 3 aromatic rings. The molecule has 1 aliphatic heterocycles. The van der Waals surface area contributed by atoms with Gasteiger partial charge in [-0.15, -0.1) is 0 Å². The maximum absolute atomic E-state index is 12.6. The second kappa shape index (κ2) is 8.01. The summed E-state index contributed by atoms with van der Waals surface area (Å²) in [4.78, 5) is 33.7. The SMILES string of the molecule is COc1ccc([N+](=O)[O-])cc1NC(=O)C1CN(c2cc(-n3nc(C)cc3C)ncn2)C1. The van der Waals surface area contributed by atoms with Crippen LogP contribution in [0.1, 0.15) is 11.4 Å². The molecule has 0 saturated carbocycles. The van der Waals surface area contributed by atoms with Crippen LogP contribution in [-0.2, 0) is 4.79 Å². The molecule has 0 spiro atoms. The number of hydrogen-bond acceptors (Lipinski definition) is 8. The Bertz CT molecular complexity index is 1150. The number of non-ortho nitro benzene ring substituents is 1. The van der Waals surface area contributed by atoms with E-state index in [1.165, 1.54) is 31.6 Å². The van der Waals surface area contributed by atoms with Gasteiger partial charge in [0.15, 0.2) is 5.82 Å². The third-order valence-corrected chi connectivity index (χ3v) is 5.09. The maximum atomic E-state index is 12.6. The molecule has 2 aromatic heterocycles. The summed E-state index contributed by atoms with van der Waals surface area (Å²) in [5, 5.41) is 18.2. The van der Waals surface area contributed by atoms with Crippen LogP contribution in [0.2, 0.25) is 0 Å². The van der Waals surface area contributed by atoms with Crippen molar-refractivity contribution in [2.75, 3.05) is 30.4 Å². The second-order valence-electron chi connectivity index (χ2n) is 7.31. The number of nitrogens with one attached hydrogen (secondary N) is 1. The molecule has 1 saturated heterocycles. The van der Waals surface area contributed by atoms with Gasteiger partial charge in [0.2, 0.25) is 5.91 Å². The molecule has 1 N–H and O–H groups in total. The summed E-state index contributed by atoms with van der Waals surface area (Å²) in [6.45, 7) is 4.81. The van der Waals surface area contributed by atoms with E-state index in [1.54, 1.807) is 4.68 Å². The highest BCUT2D eigenvalue weighted by molar-refractivity contribution is 5.96.